The molecule has 0 radical (unpaired) electrons. The summed E-state index contributed by atoms with van der Waals surface area (Å²) in [6.45, 7) is 2.18. The van der Waals surface area contributed by atoms with Gasteiger partial charge in [0.25, 0.3) is 0 Å². The van der Waals surface area contributed by atoms with E-state index in [4.69, 9.17) is 5.84 Å². The van der Waals surface area contributed by atoms with Crippen molar-refractivity contribution in [3.05, 3.63) is 70.8 Å². The molecular formula is C18H22N2. The zero-order chi connectivity index (χ0) is 13.9. The average molecular weight is 266 g/mol. The normalized spacial score (nSPS) is 18.2. The van der Waals surface area contributed by atoms with Gasteiger partial charge in [0, 0.05) is 6.04 Å². The SMILES string of the molecule is CCc1ccc(C(CC2Cc3ccccc32)NN)cc1. The van der Waals surface area contributed by atoms with Gasteiger partial charge in [0.1, 0.15) is 0 Å². The van der Waals surface area contributed by atoms with Crippen LogP contribution in [-0.2, 0) is 12.8 Å². The van der Waals surface area contributed by atoms with Crippen molar-refractivity contribution >= 4 is 0 Å². The second kappa shape index (κ2) is 5.78. The second-order valence-corrected chi connectivity index (χ2v) is 5.65. The Bertz CT molecular complexity index is 574. The zero-order valence-electron chi connectivity index (χ0n) is 12.0. The van der Waals surface area contributed by atoms with Crippen LogP contribution in [0.1, 0.15) is 47.6 Å². The van der Waals surface area contributed by atoms with Gasteiger partial charge in [-0.3, -0.25) is 11.3 Å². The number of fused-ring (bicyclic) bond motifs is 1. The Morgan fingerprint density at radius 2 is 1.90 bits per heavy atom. The molecule has 20 heavy (non-hydrogen) atoms. The van der Waals surface area contributed by atoms with Crippen molar-refractivity contribution in [2.24, 2.45) is 5.84 Å². The van der Waals surface area contributed by atoms with Crippen LogP contribution in [0.4, 0.5) is 0 Å². The van der Waals surface area contributed by atoms with Crippen LogP contribution in [0.5, 0.6) is 0 Å². The molecule has 3 N–H and O–H groups in total. The molecule has 1 aliphatic carbocycles. The van der Waals surface area contributed by atoms with E-state index in [1.165, 1.54) is 28.7 Å². The summed E-state index contributed by atoms with van der Waals surface area (Å²) in [5.41, 5.74) is 8.64. The standard InChI is InChI=1S/C18H22N2/c1-2-13-7-9-14(10-8-13)18(20-19)12-16-11-15-5-3-4-6-17(15)16/h3-10,16,18,20H,2,11-12,19H2,1H3. The first-order chi connectivity index (χ1) is 9.81. The number of hydrogen-bond acceptors (Lipinski definition) is 2. The van der Waals surface area contributed by atoms with E-state index in [0.29, 0.717) is 5.92 Å². The van der Waals surface area contributed by atoms with Gasteiger partial charge in [-0.25, -0.2) is 0 Å². The molecule has 0 amide bonds. The Morgan fingerprint density at radius 3 is 2.55 bits per heavy atom. The number of hydrazine groups is 1. The van der Waals surface area contributed by atoms with E-state index < -0.39 is 0 Å². The smallest absolute Gasteiger partial charge is 0.0465 e. The highest BCUT2D eigenvalue weighted by Gasteiger charge is 2.28. The van der Waals surface area contributed by atoms with E-state index in [1.807, 2.05) is 0 Å². The van der Waals surface area contributed by atoms with Crippen LogP contribution in [0.3, 0.4) is 0 Å². The monoisotopic (exact) mass is 266 g/mol. The molecule has 0 saturated carbocycles. The minimum Gasteiger partial charge on any atom is -0.271 e. The molecule has 2 unspecified atom stereocenters. The lowest BCUT2D eigenvalue weighted by Gasteiger charge is -2.33. The van der Waals surface area contributed by atoms with Gasteiger partial charge in [-0.2, -0.15) is 0 Å². The maximum atomic E-state index is 5.77. The molecule has 0 aliphatic heterocycles. The summed E-state index contributed by atoms with van der Waals surface area (Å²) in [6, 6.07) is 17.8. The van der Waals surface area contributed by atoms with Crippen LogP contribution in [0, 0.1) is 0 Å². The van der Waals surface area contributed by atoms with E-state index >= 15 is 0 Å². The van der Waals surface area contributed by atoms with Gasteiger partial charge >= 0.3 is 0 Å². The van der Waals surface area contributed by atoms with Crippen molar-refractivity contribution in [3.8, 4) is 0 Å². The van der Waals surface area contributed by atoms with Gasteiger partial charge in [0.15, 0.2) is 0 Å². The van der Waals surface area contributed by atoms with Crippen molar-refractivity contribution in [1.82, 2.24) is 5.43 Å². The lowest BCUT2D eigenvalue weighted by Crippen LogP contribution is -2.31. The number of nitrogens with two attached hydrogens (primary N) is 1. The summed E-state index contributed by atoms with van der Waals surface area (Å²) in [4.78, 5) is 0. The number of nitrogens with one attached hydrogen (secondary N) is 1. The predicted molar refractivity (Wildman–Crippen MR) is 83.4 cm³/mol. The van der Waals surface area contributed by atoms with E-state index in [-0.39, 0.29) is 6.04 Å². The molecule has 1 aliphatic rings. The second-order valence-electron chi connectivity index (χ2n) is 5.65. The van der Waals surface area contributed by atoms with Gasteiger partial charge in [-0.15, -0.1) is 0 Å². The van der Waals surface area contributed by atoms with Gasteiger partial charge < -0.3 is 0 Å². The molecule has 104 valence electrons. The van der Waals surface area contributed by atoms with Crippen LogP contribution >= 0.6 is 0 Å². The number of aryl methyl sites for hydroxylation is 1. The first-order valence-corrected chi connectivity index (χ1v) is 7.44. The quantitative estimate of drug-likeness (QED) is 0.642. The third-order valence-electron chi connectivity index (χ3n) is 4.47. The molecule has 2 aromatic rings. The Morgan fingerprint density at radius 1 is 1.15 bits per heavy atom. The molecule has 0 bridgehead atoms. The Labute approximate surface area is 121 Å². The summed E-state index contributed by atoms with van der Waals surface area (Å²) in [5, 5.41) is 0. The fraction of sp³-hybridized carbons (Fsp3) is 0.333. The molecular weight excluding hydrogens is 244 g/mol. The van der Waals surface area contributed by atoms with E-state index in [2.05, 4.69) is 60.9 Å². The number of benzene rings is 2. The Balaban J connectivity index is 1.72. The highest BCUT2D eigenvalue weighted by molar-refractivity contribution is 5.40. The highest BCUT2D eigenvalue weighted by atomic mass is 15.2. The summed E-state index contributed by atoms with van der Waals surface area (Å²) in [7, 11) is 0. The van der Waals surface area contributed by atoms with Crippen LogP contribution in [0.2, 0.25) is 0 Å². The molecule has 0 aromatic heterocycles. The lowest BCUT2D eigenvalue weighted by atomic mass is 9.74. The Hall–Kier alpha value is -1.64. The molecule has 2 heteroatoms. The van der Waals surface area contributed by atoms with Gasteiger partial charge in [-0.05, 0) is 47.4 Å². The van der Waals surface area contributed by atoms with Gasteiger partial charge in [-0.1, -0.05) is 55.5 Å². The predicted octanol–water partition coefficient (Wildman–Crippen LogP) is 3.48. The fourth-order valence-electron chi connectivity index (χ4n) is 3.14. The van der Waals surface area contributed by atoms with Crippen molar-refractivity contribution in [3.63, 3.8) is 0 Å². The van der Waals surface area contributed by atoms with Crippen molar-refractivity contribution < 1.29 is 0 Å². The third kappa shape index (κ3) is 2.49. The van der Waals surface area contributed by atoms with Crippen molar-refractivity contribution in [1.29, 1.82) is 0 Å². The maximum Gasteiger partial charge on any atom is 0.0465 e. The van der Waals surface area contributed by atoms with E-state index in [1.54, 1.807) is 0 Å². The average Bonchev–Trinajstić information content (AvgIpc) is 2.49. The summed E-state index contributed by atoms with van der Waals surface area (Å²) in [5.74, 6) is 6.41. The Kier molecular flexibility index (Phi) is 3.86. The van der Waals surface area contributed by atoms with Crippen molar-refractivity contribution in [2.45, 2.75) is 38.1 Å². The lowest BCUT2D eigenvalue weighted by molar-refractivity contribution is 0.435. The van der Waals surface area contributed by atoms with Crippen LogP contribution in [-0.4, -0.2) is 0 Å². The molecule has 0 fully saturated rings. The minimum atomic E-state index is 0.235. The number of hydrogen-bond donors (Lipinski definition) is 2. The van der Waals surface area contributed by atoms with E-state index in [9.17, 15) is 0 Å². The minimum absolute atomic E-state index is 0.235. The molecule has 2 nitrogen and oxygen atoms in total. The summed E-state index contributed by atoms with van der Waals surface area (Å²) < 4.78 is 0. The molecule has 0 saturated heterocycles. The topological polar surface area (TPSA) is 38.0 Å². The van der Waals surface area contributed by atoms with Crippen LogP contribution < -0.4 is 11.3 Å². The van der Waals surface area contributed by atoms with Gasteiger partial charge in [0.2, 0.25) is 0 Å². The third-order valence-corrected chi connectivity index (χ3v) is 4.47. The highest BCUT2D eigenvalue weighted by Crippen LogP contribution is 2.40. The first-order valence-electron chi connectivity index (χ1n) is 7.44. The number of rotatable bonds is 5. The summed E-state index contributed by atoms with van der Waals surface area (Å²) in [6.07, 6.45) is 3.33. The van der Waals surface area contributed by atoms with Crippen molar-refractivity contribution in [2.75, 3.05) is 0 Å². The largest absolute Gasteiger partial charge is 0.271 e. The first kappa shape index (κ1) is 13.3. The van der Waals surface area contributed by atoms with E-state index in [0.717, 1.165) is 12.8 Å². The summed E-state index contributed by atoms with van der Waals surface area (Å²) >= 11 is 0. The van der Waals surface area contributed by atoms with Crippen LogP contribution in [0.25, 0.3) is 0 Å². The van der Waals surface area contributed by atoms with Gasteiger partial charge in [0.05, 0.1) is 0 Å². The maximum absolute atomic E-state index is 5.77. The zero-order valence-corrected chi connectivity index (χ0v) is 12.0. The fourth-order valence-corrected chi connectivity index (χ4v) is 3.14. The molecule has 2 aromatic carbocycles. The van der Waals surface area contributed by atoms with Crippen LogP contribution in [0.15, 0.2) is 48.5 Å². The molecule has 0 heterocycles. The molecule has 3 rings (SSSR count). The molecule has 2 atom stereocenters. The molecule has 0 spiro atoms.